The number of nitrogens with zero attached hydrogens (tertiary/aromatic N) is 3. The van der Waals surface area contributed by atoms with Gasteiger partial charge in [-0.1, -0.05) is 0 Å². The molecule has 5 nitrogen and oxygen atoms in total. The molecule has 0 unspecified atom stereocenters. The molecule has 0 aromatic carbocycles. The predicted molar refractivity (Wildman–Crippen MR) is 89.0 cm³/mol. The predicted octanol–water partition coefficient (Wildman–Crippen LogP) is 4.81. The number of hydrogen-bond donors (Lipinski definition) is 0. The van der Waals surface area contributed by atoms with E-state index in [-0.39, 0.29) is 16.1 Å². The summed E-state index contributed by atoms with van der Waals surface area (Å²) in [6.45, 7) is 1.05. The lowest BCUT2D eigenvalue weighted by atomic mass is 9.85. The maximum absolute atomic E-state index is 14.1. The Morgan fingerprint density at radius 2 is 1.81 bits per heavy atom. The molecule has 0 bridgehead atoms. The molecule has 1 spiro atoms. The quantitative estimate of drug-likeness (QED) is 0.512. The summed E-state index contributed by atoms with van der Waals surface area (Å²) >= 11 is 6.44. The normalized spacial score (nSPS) is 20.5. The van der Waals surface area contributed by atoms with E-state index in [1.54, 1.807) is 0 Å². The molecule has 0 radical (unpaired) electrons. The Morgan fingerprint density at radius 1 is 1.15 bits per heavy atom. The third kappa shape index (κ3) is 3.67. The van der Waals surface area contributed by atoms with Gasteiger partial charge in [-0.3, -0.25) is 0 Å². The van der Waals surface area contributed by atoms with Crippen LogP contribution in [0.15, 0.2) is 6.20 Å². The standard InChI is InChI=1S/C16H14ClF4N3O2S/c17-14-22-7-9(18)10(23-14)11-12(16(19,20)21)24-13(27-11)8-1-3-15(4-2-8)25-5-6-26-15/h7-8H,1-6H2. The van der Waals surface area contributed by atoms with Crippen molar-refractivity contribution in [1.82, 2.24) is 15.0 Å². The van der Waals surface area contributed by atoms with E-state index in [1.807, 2.05) is 0 Å². The topological polar surface area (TPSA) is 57.1 Å². The summed E-state index contributed by atoms with van der Waals surface area (Å²) in [5, 5.41) is -0.0241. The second kappa shape index (κ2) is 6.91. The van der Waals surface area contributed by atoms with Gasteiger partial charge in [-0.05, 0) is 24.4 Å². The van der Waals surface area contributed by atoms with E-state index in [2.05, 4.69) is 15.0 Å². The number of alkyl halides is 3. The van der Waals surface area contributed by atoms with E-state index < -0.39 is 29.2 Å². The highest BCUT2D eigenvalue weighted by molar-refractivity contribution is 7.15. The Labute approximate surface area is 160 Å². The largest absolute Gasteiger partial charge is 0.434 e. The first-order valence-electron chi connectivity index (χ1n) is 8.32. The fourth-order valence-corrected chi connectivity index (χ4v) is 4.84. The highest BCUT2D eigenvalue weighted by Gasteiger charge is 2.43. The fraction of sp³-hybridized carbons (Fsp3) is 0.562. The average molecular weight is 424 g/mol. The molecule has 2 aromatic rings. The van der Waals surface area contributed by atoms with Gasteiger partial charge in [0.15, 0.2) is 17.3 Å². The van der Waals surface area contributed by atoms with E-state index >= 15 is 0 Å². The minimum Gasteiger partial charge on any atom is -0.348 e. The number of hydrogen-bond acceptors (Lipinski definition) is 6. The van der Waals surface area contributed by atoms with Gasteiger partial charge in [0, 0.05) is 18.8 Å². The Balaban J connectivity index is 1.67. The molecule has 0 amide bonds. The molecule has 0 N–H and O–H groups in total. The minimum absolute atomic E-state index is 0.177. The van der Waals surface area contributed by atoms with E-state index in [4.69, 9.17) is 21.1 Å². The minimum atomic E-state index is -4.73. The lowest BCUT2D eigenvalue weighted by Crippen LogP contribution is -2.34. The maximum atomic E-state index is 14.1. The Kier molecular flexibility index (Phi) is 4.86. The van der Waals surface area contributed by atoms with Gasteiger partial charge in [-0.25, -0.2) is 19.3 Å². The lowest BCUT2D eigenvalue weighted by Gasteiger charge is -2.34. The van der Waals surface area contributed by atoms with E-state index in [0.717, 1.165) is 17.5 Å². The number of rotatable bonds is 2. The molecule has 1 aliphatic heterocycles. The van der Waals surface area contributed by atoms with Gasteiger partial charge in [-0.2, -0.15) is 13.2 Å². The average Bonchev–Trinajstić information content (AvgIpc) is 3.25. The summed E-state index contributed by atoms with van der Waals surface area (Å²) in [6, 6.07) is 0. The van der Waals surface area contributed by atoms with Crippen molar-refractivity contribution in [2.45, 2.75) is 43.6 Å². The highest BCUT2D eigenvalue weighted by atomic mass is 35.5. The van der Waals surface area contributed by atoms with E-state index in [0.29, 0.717) is 43.9 Å². The van der Waals surface area contributed by atoms with Crippen molar-refractivity contribution in [2.24, 2.45) is 0 Å². The summed E-state index contributed by atoms with van der Waals surface area (Å²) < 4.78 is 65.8. The van der Waals surface area contributed by atoms with Crippen LogP contribution in [0, 0.1) is 5.82 Å². The first kappa shape index (κ1) is 19.0. The van der Waals surface area contributed by atoms with Crippen molar-refractivity contribution in [2.75, 3.05) is 13.2 Å². The molecule has 1 saturated carbocycles. The summed E-state index contributed by atoms with van der Waals surface area (Å²) in [7, 11) is 0. The zero-order valence-electron chi connectivity index (χ0n) is 13.9. The Bertz CT molecular complexity index is 845. The van der Waals surface area contributed by atoms with Gasteiger partial charge in [0.1, 0.15) is 5.69 Å². The van der Waals surface area contributed by atoms with Gasteiger partial charge in [0.05, 0.1) is 29.3 Å². The van der Waals surface area contributed by atoms with Crippen LogP contribution in [0.4, 0.5) is 17.6 Å². The van der Waals surface area contributed by atoms with Crippen LogP contribution in [-0.4, -0.2) is 34.0 Å². The van der Waals surface area contributed by atoms with Crippen LogP contribution < -0.4 is 0 Å². The monoisotopic (exact) mass is 423 g/mol. The van der Waals surface area contributed by atoms with Crippen molar-refractivity contribution in [3.8, 4) is 10.6 Å². The van der Waals surface area contributed by atoms with Crippen LogP contribution in [-0.2, 0) is 15.7 Å². The van der Waals surface area contributed by atoms with E-state index in [1.165, 1.54) is 0 Å². The second-order valence-electron chi connectivity index (χ2n) is 6.45. The van der Waals surface area contributed by atoms with Gasteiger partial charge in [-0.15, -0.1) is 11.3 Å². The Hall–Kier alpha value is -1.36. The summed E-state index contributed by atoms with van der Waals surface area (Å²) in [5.41, 5.74) is -1.63. The molecular weight excluding hydrogens is 410 g/mol. The zero-order chi connectivity index (χ0) is 19.2. The first-order valence-corrected chi connectivity index (χ1v) is 9.51. The molecule has 3 heterocycles. The van der Waals surface area contributed by atoms with Crippen LogP contribution in [0.2, 0.25) is 5.28 Å². The summed E-state index contributed by atoms with van der Waals surface area (Å²) in [5.74, 6) is -1.77. The van der Waals surface area contributed by atoms with Crippen molar-refractivity contribution in [3.05, 3.63) is 28.0 Å². The molecule has 4 rings (SSSR count). The van der Waals surface area contributed by atoms with E-state index in [9.17, 15) is 17.6 Å². The summed E-state index contributed by atoms with van der Waals surface area (Å²) in [6.07, 6.45) is -1.65. The first-order chi connectivity index (χ1) is 12.8. The molecule has 27 heavy (non-hydrogen) atoms. The van der Waals surface area contributed by atoms with Crippen molar-refractivity contribution >= 4 is 22.9 Å². The molecule has 1 aliphatic carbocycles. The zero-order valence-corrected chi connectivity index (χ0v) is 15.4. The molecule has 2 fully saturated rings. The summed E-state index contributed by atoms with van der Waals surface area (Å²) in [4.78, 5) is 10.5. The molecule has 146 valence electrons. The molecule has 1 saturated heterocycles. The van der Waals surface area contributed by atoms with Gasteiger partial charge < -0.3 is 9.47 Å². The number of halogens is 5. The van der Waals surface area contributed by atoms with Gasteiger partial charge >= 0.3 is 6.18 Å². The van der Waals surface area contributed by atoms with Crippen molar-refractivity contribution < 1.29 is 27.0 Å². The van der Waals surface area contributed by atoms with Crippen molar-refractivity contribution in [3.63, 3.8) is 0 Å². The molecule has 0 atom stereocenters. The van der Waals surface area contributed by atoms with Crippen LogP contribution in [0.25, 0.3) is 10.6 Å². The third-order valence-electron chi connectivity index (χ3n) is 4.75. The highest BCUT2D eigenvalue weighted by Crippen LogP contribution is 2.47. The third-order valence-corrected chi connectivity index (χ3v) is 6.16. The number of ether oxygens (including phenoxy) is 2. The maximum Gasteiger partial charge on any atom is 0.434 e. The number of aromatic nitrogens is 3. The van der Waals surface area contributed by atoms with Crippen LogP contribution in [0.1, 0.15) is 42.3 Å². The fourth-order valence-electron chi connectivity index (χ4n) is 3.46. The smallest absolute Gasteiger partial charge is 0.348 e. The number of thiazole rings is 1. The Morgan fingerprint density at radius 3 is 2.44 bits per heavy atom. The molecule has 2 aliphatic rings. The van der Waals surface area contributed by atoms with Crippen LogP contribution in [0.5, 0.6) is 0 Å². The lowest BCUT2D eigenvalue weighted by molar-refractivity contribution is -0.178. The molecular formula is C16H14ClF4N3O2S. The van der Waals surface area contributed by atoms with Gasteiger partial charge in [0.25, 0.3) is 0 Å². The van der Waals surface area contributed by atoms with Crippen molar-refractivity contribution in [1.29, 1.82) is 0 Å². The van der Waals surface area contributed by atoms with Crippen LogP contribution in [0.3, 0.4) is 0 Å². The van der Waals surface area contributed by atoms with Gasteiger partial charge in [0.2, 0.25) is 5.28 Å². The molecule has 2 aromatic heterocycles. The second-order valence-corrected chi connectivity index (χ2v) is 7.81. The molecule has 11 heteroatoms. The van der Waals surface area contributed by atoms with Crippen LogP contribution >= 0.6 is 22.9 Å². The SMILES string of the molecule is Fc1cnc(Cl)nc1-c1sc(C2CCC3(CC2)OCCO3)nc1C(F)(F)F.